The number of hydrogen-bond acceptors (Lipinski definition) is 2. The smallest absolute Gasteiger partial charge is 0.221 e. The van der Waals surface area contributed by atoms with Gasteiger partial charge >= 0.3 is 0 Å². The van der Waals surface area contributed by atoms with Gasteiger partial charge in [-0.25, -0.2) is 0 Å². The minimum absolute atomic E-state index is 0.102. The molecule has 1 amide bonds. The number of alkyl halides is 1. The Morgan fingerprint density at radius 1 is 1.70 bits per heavy atom. The quantitative estimate of drug-likeness (QED) is 0.677. The number of ether oxygens (including phenoxy) is 1. The molecule has 0 atom stereocenters. The molecule has 0 saturated carbocycles. The molecule has 1 heterocycles. The molecule has 0 aromatic heterocycles. The molecule has 1 aliphatic rings. The highest BCUT2D eigenvalue weighted by Crippen LogP contribution is 1.99. The summed E-state index contributed by atoms with van der Waals surface area (Å²) in [4.78, 5) is 10.8. The van der Waals surface area contributed by atoms with Crippen molar-refractivity contribution in [2.24, 2.45) is 0 Å². The molecule has 0 aliphatic carbocycles. The first kappa shape index (κ1) is 8.01. The van der Waals surface area contributed by atoms with Crippen molar-refractivity contribution >= 4 is 21.8 Å². The van der Waals surface area contributed by atoms with Gasteiger partial charge in [-0.05, 0) is 0 Å². The van der Waals surface area contributed by atoms with E-state index in [0.29, 0.717) is 19.6 Å². The lowest BCUT2D eigenvalue weighted by atomic mass is 10.2. The standard InChI is InChI=1S/C6H10BrNO2/c7-2-1-6(9)8-5-3-10-4-5/h5H,1-4H2,(H,8,9). The Bertz CT molecular complexity index is 125. The van der Waals surface area contributed by atoms with Crippen LogP contribution in [0.25, 0.3) is 0 Å². The maximum absolute atomic E-state index is 10.8. The summed E-state index contributed by atoms with van der Waals surface area (Å²) >= 11 is 3.19. The lowest BCUT2D eigenvalue weighted by molar-refractivity contribution is -0.124. The molecule has 1 fully saturated rings. The molecule has 0 radical (unpaired) electrons. The highest BCUT2D eigenvalue weighted by atomic mass is 79.9. The largest absolute Gasteiger partial charge is 0.377 e. The fourth-order valence-electron chi connectivity index (χ4n) is 0.705. The van der Waals surface area contributed by atoms with Crippen LogP contribution in [-0.2, 0) is 9.53 Å². The Labute approximate surface area is 68.3 Å². The third-order valence-electron chi connectivity index (χ3n) is 1.32. The van der Waals surface area contributed by atoms with E-state index >= 15 is 0 Å². The Balaban J connectivity index is 2.05. The second-order valence-corrected chi connectivity index (χ2v) is 3.03. The number of amides is 1. The van der Waals surface area contributed by atoms with Crippen molar-refractivity contribution in [3.63, 3.8) is 0 Å². The molecule has 0 bridgehead atoms. The molecule has 1 saturated heterocycles. The summed E-state index contributed by atoms with van der Waals surface area (Å²) in [5, 5.41) is 3.55. The van der Waals surface area contributed by atoms with Gasteiger partial charge in [-0.3, -0.25) is 4.79 Å². The zero-order valence-corrected chi connectivity index (χ0v) is 7.19. The predicted molar refractivity (Wildman–Crippen MR) is 41.2 cm³/mol. The fourth-order valence-corrected chi connectivity index (χ4v) is 1.06. The van der Waals surface area contributed by atoms with E-state index in [0.717, 1.165) is 5.33 Å². The van der Waals surface area contributed by atoms with Crippen molar-refractivity contribution in [3.8, 4) is 0 Å². The van der Waals surface area contributed by atoms with E-state index in [4.69, 9.17) is 4.74 Å². The zero-order valence-electron chi connectivity index (χ0n) is 5.60. The maximum atomic E-state index is 10.8. The number of hydrogen-bond donors (Lipinski definition) is 1. The number of nitrogens with one attached hydrogen (secondary N) is 1. The maximum Gasteiger partial charge on any atom is 0.221 e. The average Bonchev–Trinajstić information content (AvgIpc) is 1.80. The molecule has 0 unspecified atom stereocenters. The third kappa shape index (κ3) is 2.27. The highest BCUT2D eigenvalue weighted by molar-refractivity contribution is 9.09. The molecule has 58 valence electrons. The van der Waals surface area contributed by atoms with Gasteiger partial charge in [0.15, 0.2) is 0 Å². The molecule has 1 N–H and O–H groups in total. The van der Waals surface area contributed by atoms with Crippen LogP contribution in [0.5, 0.6) is 0 Å². The van der Waals surface area contributed by atoms with Crippen LogP contribution in [0.1, 0.15) is 6.42 Å². The van der Waals surface area contributed by atoms with Gasteiger partial charge in [0.1, 0.15) is 0 Å². The molecule has 4 heteroatoms. The summed E-state index contributed by atoms with van der Waals surface area (Å²) < 4.78 is 4.89. The van der Waals surface area contributed by atoms with Crippen LogP contribution in [0, 0.1) is 0 Å². The lowest BCUT2D eigenvalue weighted by Gasteiger charge is -2.26. The molecule has 10 heavy (non-hydrogen) atoms. The van der Waals surface area contributed by atoms with Gasteiger partial charge in [0.25, 0.3) is 0 Å². The van der Waals surface area contributed by atoms with Crippen molar-refractivity contribution < 1.29 is 9.53 Å². The first-order valence-electron chi connectivity index (χ1n) is 3.26. The summed E-state index contributed by atoms with van der Waals surface area (Å²) in [7, 11) is 0. The molecular formula is C6H10BrNO2. The molecule has 1 aliphatic heterocycles. The molecule has 0 aromatic carbocycles. The van der Waals surface area contributed by atoms with Gasteiger partial charge in [0, 0.05) is 11.8 Å². The van der Waals surface area contributed by atoms with E-state index in [9.17, 15) is 4.79 Å². The summed E-state index contributed by atoms with van der Waals surface area (Å²) in [6.07, 6.45) is 0.552. The summed E-state index contributed by atoms with van der Waals surface area (Å²) in [6.45, 7) is 1.35. The van der Waals surface area contributed by atoms with E-state index in [2.05, 4.69) is 21.2 Å². The fraction of sp³-hybridized carbons (Fsp3) is 0.833. The van der Waals surface area contributed by atoms with E-state index in [1.807, 2.05) is 0 Å². The number of halogens is 1. The molecule has 0 aromatic rings. The zero-order chi connectivity index (χ0) is 7.40. The van der Waals surface area contributed by atoms with Crippen LogP contribution < -0.4 is 5.32 Å². The summed E-state index contributed by atoms with van der Waals surface area (Å²) in [5.74, 6) is 0.102. The van der Waals surface area contributed by atoms with Gasteiger partial charge in [-0.2, -0.15) is 0 Å². The topological polar surface area (TPSA) is 38.3 Å². The van der Waals surface area contributed by atoms with Crippen LogP contribution in [-0.4, -0.2) is 30.5 Å². The van der Waals surface area contributed by atoms with Crippen LogP contribution in [0.4, 0.5) is 0 Å². The summed E-state index contributed by atoms with van der Waals surface area (Å²) in [6, 6.07) is 0.270. The van der Waals surface area contributed by atoms with Crippen molar-refractivity contribution in [1.82, 2.24) is 5.32 Å². The van der Waals surface area contributed by atoms with E-state index < -0.39 is 0 Å². The van der Waals surface area contributed by atoms with Crippen LogP contribution in [0.3, 0.4) is 0 Å². The Morgan fingerprint density at radius 3 is 2.80 bits per heavy atom. The van der Waals surface area contributed by atoms with Gasteiger partial charge in [0.05, 0.1) is 19.3 Å². The third-order valence-corrected chi connectivity index (χ3v) is 1.72. The monoisotopic (exact) mass is 207 g/mol. The number of carbonyl (C=O) groups is 1. The van der Waals surface area contributed by atoms with Gasteiger partial charge in [-0.15, -0.1) is 0 Å². The van der Waals surface area contributed by atoms with Gasteiger partial charge in [0.2, 0.25) is 5.91 Å². The molecule has 1 rings (SSSR count). The lowest BCUT2D eigenvalue weighted by Crippen LogP contribution is -2.48. The van der Waals surface area contributed by atoms with Crippen molar-refractivity contribution in [2.45, 2.75) is 12.5 Å². The van der Waals surface area contributed by atoms with Crippen molar-refractivity contribution in [1.29, 1.82) is 0 Å². The second kappa shape index (κ2) is 3.93. The minimum atomic E-state index is 0.102. The average molecular weight is 208 g/mol. The molecule has 0 spiro atoms. The van der Waals surface area contributed by atoms with Crippen molar-refractivity contribution in [3.05, 3.63) is 0 Å². The first-order valence-corrected chi connectivity index (χ1v) is 4.38. The van der Waals surface area contributed by atoms with E-state index in [1.165, 1.54) is 0 Å². The van der Waals surface area contributed by atoms with Crippen LogP contribution in [0.2, 0.25) is 0 Å². The van der Waals surface area contributed by atoms with Gasteiger partial charge < -0.3 is 10.1 Å². The second-order valence-electron chi connectivity index (χ2n) is 2.24. The Hall–Kier alpha value is -0.0900. The van der Waals surface area contributed by atoms with E-state index in [1.54, 1.807) is 0 Å². The van der Waals surface area contributed by atoms with Gasteiger partial charge in [-0.1, -0.05) is 15.9 Å². The Morgan fingerprint density at radius 2 is 2.40 bits per heavy atom. The minimum Gasteiger partial charge on any atom is -0.377 e. The highest BCUT2D eigenvalue weighted by Gasteiger charge is 2.19. The molecular weight excluding hydrogens is 198 g/mol. The number of carbonyl (C=O) groups excluding carboxylic acids is 1. The SMILES string of the molecule is O=C(CCBr)NC1COC1. The van der Waals surface area contributed by atoms with E-state index in [-0.39, 0.29) is 11.9 Å². The summed E-state index contributed by atoms with van der Waals surface area (Å²) in [5.41, 5.74) is 0. The normalized spacial score (nSPS) is 18.1. The number of rotatable bonds is 3. The molecule has 3 nitrogen and oxygen atoms in total. The predicted octanol–water partition coefficient (Wildman–Crippen LogP) is 0.286. The van der Waals surface area contributed by atoms with Crippen molar-refractivity contribution in [2.75, 3.05) is 18.5 Å². The van der Waals surface area contributed by atoms with Crippen LogP contribution >= 0.6 is 15.9 Å². The van der Waals surface area contributed by atoms with Crippen LogP contribution in [0.15, 0.2) is 0 Å². The first-order chi connectivity index (χ1) is 4.83. The Kier molecular flexibility index (Phi) is 3.15.